The van der Waals surface area contributed by atoms with Gasteiger partial charge in [-0.2, -0.15) is 0 Å². The Kier molecular flexibility index (Phi) is 6.80. The third-order valence-electron chi connectivity index (χ3n) is 10.5. The Bertz CT molecular complexity index is 2820. The van der Waals surface area contributed by atoms with Crippen LogP contribution in [0.2, 0.25) is 0 Å². The van der Waals surface area contributed by atoms with Crippen molar-refractivity contribution in [3.8, 4) is 67.5 Å². The van der Waals surface area contributed by atoms with Gasteiger partial charge in [0, 0.05) is 32.9 Å². The van der Waals surface area contributed by atoms with E-state index in [-0.39, 0.29) is 5.41 Å². The van der Waals surface area contributed by atoms with Crippen molar-refractivity contribution in [1.82, 2.24) is 15.0 Å². The van der Waals surface area contributed by atoms with Gasteiger partial charge in [-0.15, -0.1) is 0 Å². The monoisotopic (exact) mass is 667 g/mol. The quantitative estimate of drug-likeness (QED) is 0.183. The van der Waals surface area contributed by atoms with Gasteiger partial charge in [-0.1, -0.05) is 147 Å². The first-order valence-electron chi connectivity index (χ1n) is 17.7. The molecule has 2 aromatic heterocycles. The van der Waals surface area contributed by atoms with Crippen LogP contribution in [0.15, 0.2) is 168 Å². The first kappa shape index (κ1) is 30.2. The van der Waals surface area contributed by atoms with Gasteiger partial charge in [0.1, 0.15) is 11.2 Å². The van der Waals surface area contributed by atoms with Gasteiger partial charge in [-0.3, -0.25) is 0 Å². The molecule has 0 unspecified atom stereocenters. The van der Waals surface area contributed by atoms with Crippen molar-refractivity contribution in [3.63, 3.8) is 0 Å². The average Bonchev–Trinajstić information content (AvgIpc) is 3.70. The third-order valence-corrected chi connectivity index (χ3v) is 10.5. The second-order valence-electron chi connectivity index (χ2n) is 14.0. The minimum atomic E-state index is -0.126. The lowest BCUT2D eigenvalue weighted by molar-refractivity contribution is 0.660. The van der Waals surface area contributed by atoms with Crippen molar-refractivity contribution in [2.24, 2.45) is 0 Å². The number of hydrogen-bond donors (Lipinski definition) is 0. The molecule has 0 aliphatic heterocycles. The summed E-state index contributed by atoms with van der Waals surface area (Å²) in [7, 11) is 0. The van der Waals surface area contributed by atoms with Crippen LogP contribution < -0.4 is 0 Å². The number of para-hydroxylation sites is 1. The smallest absolute Gasteiger partial charge is 0.164 e. The largest absolute Gasteiger partial charge is 0.456 e. The molecule has 0 spiro atoms. The molecule has 0 atom stereocenters. The molecule has 0 amide bonds. The molecule has 1 aliphatic carbocycles. The van der Waals surface area contributed by atoms with Crippen LogP contribution in [0.4, 0.5) is 0 Å². The topological polar surface area (TPSA) is 51.8 Å². The van der Waals surface area contributed by atoms with Gasteiger partial charge in [-0.25, -0.2) is 15.0 Å². The average molecular weight is 668 g/mol. The number of nitrogens with zero attached hydrogens (tertiary/aromatic N) is 3. The highest BCUT2D eigenvalue weighted by molar-refractivity contribution is 6.11. The van der Waals surface area contributed by atoms with Crippen LogP contribution >= 0.6 is 0 Å². The summed E-state index contributed by atoms with van der Waals surface area (Å²) < 4.78 is 6.23. The molecule has 4 nitrogen and oxygen atoms in total. The highest BCUT2D eigenvalue weighted by Gasteiger charge is 2.35. The summed E-state index contributed by atoms with van der Waals surface area (Å²) in [6.45, 7) is 4.67. The van der Waals surface area contributed by atoms with E-state index in [1.807, 2.05) is 60.7 Å². The Hall–Kier alpha value is -6.65. The van der Waals surface area contributed by atoms with Crippen molar-refractivity contribution in [2.75, 3.05) is 0 Å². The molecule has 0 fully saturated rings. The number of aromatic nitrogens is 3. The van der Waals surface area contributed by atoms with E-state index >= 15 is 0 Å². The molecule has 0 bridgehead atoms. The summed E-state index contributed by atoms with van der Waals surface area (Å²) in [6.07, 6.45) is 0. The Morgan fingerprint density at radius 1 is 0.385 bits per heavy atom. The van der Waals surface area contributed by atoms with E-state index in [1.165, 1.54) is 33.4 Å². The van der Waals surface area contributed by atoms with Crippen molar-refractivity contribution in [3.05, 3.63) is 175 Å². The molecular weight excluding hydrogens is 635 g/mol. The highest BCUT2D eigenvalue weighted by Crippen LogP contribution is 2.50. The lowest BCUT2D eigenvalue weighted by Crippen LogP contribution is -2.15. The van der Waals surface area contributed by atoms with Crippen LogP contribution in [0.1, 0.15) is 25.0 Å². The SMILES string of the molecule is CC1(C)c2ccc(-c3ccccc3)cc2-c2ccc(-c3cccc(-c4nc(-c5ccccc5)nc(-c5cccc6oc7ccccc7c56)n4)c3)cc21. The molecule has 1 aliphatic rings. The number of hydrogen-bond acceptors (Lipinski definition) is 4. The first-order chi connectivity index (χ1) is 25.5. The molecule has 0 N–H and O–H groups in total. The Labute approximate surface area is 302 Å². The van der Waals surface area contributed by atoms with E-state index in [0.717, 1.165) is 49.8 Å². The summed E-state index contributed by atoms with van der Waals surface area (Å²) in [5.74, 6) is 1.86. The lowest BCUT2D eigenvalue weighted by atomic mass is 9.81. The van der Waals surface area contributed by atoms with Gasteiger partial charge in [-0.05, 0) is 74.8 Å². The molecular formula is C48H33N3O. The molecule has 246 valence electrons. The first-order valence-corrected chi connectivity index (χ1v) is 17.7. The number of furan rings is 1. The van der Waals surface area contributed by atoms with E-state index < -0.39 is 0 Å². The third kappa shape index (κ3) is 4.87. The summed E-state index contributed by atoms with van der Waals surface area (Å²) in [5.41, 5.74) is 14.4. The Balaban J connectivity index is 1.09. The minimum absolute atomic E-state index is 0.126. The molecule has 52 heavy (non-hydrogen) atoms. The van der Waals surface area contributed by atoms with Crippen molar-refractivity contribution in [1.29, 1.82) is 0 Å². The summed E-state index contributed by atoms with van der Waals surface area (Å²) in [4.78, 5) is 15.3. The fraction of sp³-hybridized carbons (Fsp3) is 0.0625. The van der Waals surface area contributed by atoms with Gasteiger partial charge < -0.3 is 4.42 Å². The fourth-order valence-corrected chi connectivity index (χ4v) is 7.88. The normalized spacial score (nSPS) is 13.0. The van der Waals surface area contributed by atoms with E-state index in [9.17, 15) is 0 Å². The molecule has 10 rings (SSSR count). The van der Waals surface area contributed by atoms with E-state index in [1.54, 1.807) is 0 Å². The van der Waals surface area contributed by atoms with Crippen LogP contribution in [0.25, 0.3) is 89.5 Å². The van der Waals surface area contributed by atoms with Gasteiger partial charge in [0.25, 0.3) is 0 Å². The predicted molar refractivity (Wildman–Crippen MR) is 212 cm³/mol. The van der Waals surface area contributed by atoms with Gasteiger partial charge in [0.15, 0.2) is 17.5 Å². The molecule has 0 radical (unpaired) electrons. The number of rotatable bonds is 5. The van der Waals surface area contributed by atoms with E-state index in [2.05, 4.69) is 117 Å². The zero-order chi connectivity index (χ0) is 34.8. The van der Waals surface area contributed by atoms with Crippen molar-refractivity contribution < 1.29 is 4.42 Å². The molecule has 2 heterocycles. The van der Waals surface area contributed by atoms with Gasteiger partial charge in [0.2, 0.25) is 0 Å². The standard InChI is InChI=1S/C48H33N3O/c1-48(2)40-26-24-33(30-13-5-3-6-14-30)28-39(40)36-25-23-34(29-41(36)48)32-17-11-18-35(27-32)46-49-45(31-15-7-4-8-16-31)50-47(51-46)38-20-12-22-43-44(38)37-19-9-10-21-42(37)52-43/h3-29H,1-2H3. The second-order valence-corrected chi connectivity index (χ2v) is 14.0. The number of benzene rings is 7. The zero-order valence-corrected chi connectivity index (χ0v) is 28.8. The number of fused-ring (bicyclic) bond motifs is 6. The predicted octanol–water partition coefficient (Wildman–Crippen LogP) is 12.4. The lowest BCUT2D eigenvalue weighted by Gasteiger charge is -2.22. The second kappa shape index (κ2) is 11.7. The van der Waals surface area contributed by atoms with Crippen LogP contribution in [0.3, 0.4) is 0 Å². The van der Waals surface area contributed by atoms with Crippen LogP contribution in [0.5, 0.6) is 0 Å². The molecule has 0 saturated carbocycles. The Morgan fingerprint density at radius 3 is 1.81 bits per heavy atom. The van der Waals surface area contributed by atoms with Crippen LogP contribution in [-0.2, 0) is 5.41 Å². The fourth-order valence-electron chi connectivity index (χ4n) is 7.88. The highest BCUT2D eigenvalue weighted by atomic mass is 16.3. The molecule has 9 aromatic rings. The maximum absolute atomic E-state index is 6.23. The molecule has 7 aromatic carbocycles. The zero-order valence-electron chi connectivity index (χ0n) is 28.8. The summed E-state index contributed by atoms with van der Waals surface area (Å²) in [6, 6.07) is 57.3. The van der Waals surface area contributed by atoms with E-state index in [0.29, 0.717) is 17.5 Å². The minimum Gasteiger partial charge on any atom is -0.456 e. The summed E-state index contributed by atoms with van der Waals surface area (Å²) in [5, 5.41) is 2.04. The van der Waals surface area contributed by atoms with Gasteiger partial charge >= 0.3 is 0 Å². The summed E-state index contributed by atoms with van der Waals surface area (Å²) >= 11 is 0. The van der Waals surface area contributed by atoms with Crippen LogP contribution in [-0.4, -0.2) is 15.0 Å². The maximum atomic E-state index is 6.23. The van der Waals surface area contributed by atoms with Crippen molar-refractivity contribution in [2.45, 2.75) is 19.3 Å². The van der Waals surface area contributed by atoms with Crippen LogP contribution in [0, 0.1) is 0 Å². The molecule has 0 saturated heterocycles. The van der Waals surface area contributed by atoms with Crippen molar-refractivity contribution >= 4 is 21.9 Å². The van der Waals surface area contributed by atoms with E-state index in [4.69, 9.17) is 19.4 Å². The van der Waals surface area contributed by atoms with Gasteiger partial charge in [0.05, 0.1) is 0 Å². The Morgan fingerprint density at radius 2 is 0.981 bits per heavy atom. The molecule has 4 heteroatoms. The maximum Gasteiger partial charge on any atom is 0.164 e.